The van der Waals surface area contributed by atoms with E-state index in [-0.39, 0.29) is 0 Å². The van der Waals surface area contributed by atoms with Gasteiger partial charge >= 0.3 is 0 Å². The van der Waals surface area contributed by atoms with Crippen LogP contribution in [0.1, 0.15) is 11.1 Å². The van der Waals surface area contributed by atoms with Crippen molar-refractivity contribution in [2.45, 2.75) is 13.8 Å². The van der Waals surface area contributed by atoms with Crippen LogP contribution in [-0.4, -0.2) is 21.7 Å². The number of nitrogen functional groups attached to an aromatic ring is 1. The van der Waals surface area contributed by atoms with Gasteiger partial charge in [-0.1, -0.05) is 0 Å². The van der Waals surface area contributed by atoms with Crippen molar-refractivity contribution in [3.63, 3.8) is 0 Å². The lowest BCUT2D eigenvalue weighted by atomic mass is 10.0. The molecule has 0 unspecified atom stereocenters. The van der Waals surface area contributed by atoms with Crippen molar-refractivity contribution in [1.29, 1.82) is 0 Å². The van der Waals surface area contributed by atoms with Crippen molar-refractivity contribution in [3.05, 3.63) is 28.6 Å². The van der Waals surface area contributed by atoms with Crippen LogP contribution in [0.15, 0.2) is 17.5 Å². The molecule has 98 valence electrons. The summed E-state index contributed by atoms with van der Waals surface area (Å²) in [6.07, 6.45) is 0. The lowest BCUT2D eigenvalue weighted by molar-refractivity contribution is 0.416. The highest BCUT2D eigenvalue weighted by atomic mass is 32.1. The van der Waals surface area contributed by atoms with Gasteiger partial charge in [-0.25, -0.2) is 0 Å². The van der Waals surface area contributed by atoms with Crippen molar-refractivity contribution in [2.24, 2.45) is 0 Å². The number of aryl methyl sites for hydroxylation is 2. The first kappa shape index (κ1) is 12.0. The van der Waals surface area contributed by atoms with Gasteiger partial charge in [-0.2, -0.15) is 0 Å². The number of aromatic nitrogens is 3. The molecule has 0 amide bonds. The molecule has 0 radical (unpaired) electrons. The first-order valence-electron chi connectivity index (χ1n) is 5.85. The molecular formula is C13H14N4OS. The Balaban J connectivity index is 2.32. The predicted molar refractivity (Wildman–Crippen MR) is 76.7 cm³/mol. The highest BCUT2D eigenvalue weighted by molar-refractivity contribution is 7.15. The quantitative estimate of drug-likeness (QED) is 0.780. The van der Waals surface area contributed by atoms with Gasteiger partial charge in [0.2, 0.25) is 10.9 Å². The minimum Gasteiger partial charge on any atom is -0.496 e. The van der Waals surface area contributed by atoms with Crippen molar-refractivity contribution in [2.75, 3.05) is 12.8 Å². The van der Waals surface area contributed by atoms with Crippen LogP contribution >= 0.6 is 11.3 Å². The number of benzene rings is 1. The van der Waals surface area contributed by atoms with Crippen LogP contribution in [0, 0.1) is 13.8 Å². The average Bonchev–Trinajstić information content (AvgIpc) is 2.96. The van der Waals surface area contributed by atoms with Crippen LogP contribution in [0.5, 0.6) is 5.75 Å². The third-order valence-corrected chi connectivity index (χ3v) is 4.08. The minimum atomic E-state index is 0.395. The number of nitrogens with zero attached hydrogens (tertiary/aromatic N) is 3. The van der Waals surface area contributed by atoms with Gasteiger partial charge in [-0.05, 0) is 37.1 Å². The molecule has 2 aromatic heterocycles. The molecule has 2 N–H and O–H groups in total. The maximum absolute atomic E-state index is 5.87. The molecule has 0 atom stereocenters. The second-order valence-electron chi connectivity index (χ2n) is 4.43. The number of rotatable bonds is 2. The van der Waals surface area contributed by atoms with E-state index >= 15 is 0 Å². The third-order valence-electron chi connectivity index (χ3n) is 3.27. The summed E-state index contributed by atoms with van der Waals surface area (Å²) in [7, 11) is 1.67. The molecule has 0 saturated carbocycles. The van der Waals surface area contributed by atoms with E-state index in [1.807, 2.05) is 15.8 Å². The molecule has 5 nitrogen and oxygen atoms in total. The molecule has 0 aliphatic carbocycles. The molecule has 3 aromatic rings. The lowest BCUT2D eigenvalue weighted by Gasteiger charge is -2.11. The molecule has 2 heterocycles. The SMILES string of the molecule is COc1cc(C)c(C)cc1-c1csc2nnc(N)n12. The second kappa shape index (κ2) is 4.24. The van der Waals surface area contributed by atoms with E-state index in [1.54, 1.807) is 7.11 Å². The molecule has 0 aliphatic heterocycles. The maximum atomic E-state index is 5.87. The Labute approximate surface area is 114 Å². The van der Waals surface area contributed by atoms with Crippen molar-refractivity contribution >= 4 is 22.2 Å². The second-order valence-corrected chi connectivity index (χ2v) is 5.27. The monoisotopic (exact) mass is 274 g/mol. The molecule has 0 aliphatic rings. The number of methoxy groups -OCH3 is 1. The van der Waals surface area contributed by atoms with Gasteiger partial charge in [0.1, 0.15) is 5.75 Å². The number of thiazole rings is 1. The molecule has 6 heteroatoms. The van der Waals surface area contributed by atoms with Gasteiger partial charge in [0, 0.05) is 10.9 Å². The molecule has 0 saturated heterocycles. The highest BCUT2D eigenvalue weighted by Gasteiger charge is 2.15. The van der Waals surface area contributed by atoms with Crippen LogP contribution in [0.2, 0.25) is 0 Å². The van der Waals surface area contributed by atoms with Gasteiger partial charge < -0.3 is 10.5 Å². The summed E-state index contributed by atoms with van der Waals surface area (Å²) in [5.74, 6) is 1.22. The summed E-state index contributed by atoms with van der Waals surface area (Å²) in [6.45, 7) is 4.15. The van der Waals surface area contributed by atoms with Crippen LogP contribution in [-0.2, 0) is 0 Å². The zero-order chi connectivity index (χ0) is 13.6. The fourth-order valence-electron chi connectivity index (χ4n) is 2.09. The Morgan fingerprint density at radius 1 is 1.21 bits per heavy atom. The number of anilines is 1. The van der Waals surface area contributed by atoms with E-state index in [4.69, 9.17) is 10.5 Å². The predicted octanol–water partition coefficient (Wildman–Crippen LogP) is 2.67. The fourth-order valence-corrected chi connectivity index (χ4v) is 2.92. The van der Waals surface area contributed by atoms with Crippen molar-refractivity contribution in [3.8, 4) is 17.0 Å². The van der Waals surface area contributed by atoms with Crippen LogP contribution < -0.4 is 10.5 Å². The number of ether oxygens (including phenoxy) is 1. The highest BCUT2D eigenvalue weighted by Crippen LogP contribution is 2.35. The number of nitrogens with two attached hydrogens (primary N) is 1. The third kappa shape index (κ3) is 1.76. The largest absolute Gasteiger partial charge is 0.496 e. The number of fused-ring (bicyclic) bond motifs is 1. The van der Waals surface area contributed by atoms with Crippen molar-refractivity contribution < 1.29 is 4.74 Å². The summed E-state index contributed by atoms with van der Waals surface area (Å²) in [5, 5.41) is 9.94. The first-order chi connectivity index (χ1) is 9.11. The minimum absolute atomic E-state index is 0.395. The van der Waals surface area contributed by atoms with E-state index in [0.717, 1.165) is 22.0 Å². The number of hydrogen-bond donors (Lipinski definition) is 1. The van der Waals surface area contributed by atoms with Gasteiger partial charge in [-0.15, -0.1) is 21.5 Å². The lowest BCUT2D eigenvalue weighted by Crippen LogP contribution is -1.97. The summed E-state index contributed by atoms with van der Waals surface area (Å²) in [4.78, 5) is 0.785. The van der Waals surface area contributed by atoms with E-state index in [9.17, 15) is 0 Å². The van der Waals surface area contributed by atoms with Gasteiger partial charge in [-0.3, -0.25) is 4.40 Å². The standard InChI is InChI=1S/C13H14N4OS/c1-7-4-9(11(18-3)5-8(7)2)10-6-19-13-16-15-12(14)17(10)13/h4-6H,1-3H3,(H2,14,15). The molecule has 0 spiro atoms. The molecule has 19 heavy (non-hydrogen) atoms. The Morgan fingerprint density at radius 3 is 2.68 bits per heavy atom. The van der Waals surface area contributed by atoms with E-state index < -0.39 is 0 Å². The molecular weight excluding hydrogens is 260 g/mol. The Hall–Kier alpha value is -2.08. The molecule has 1 aromatic carbocycles. The van der Waals surface area contributed by atoms with Gasteiger partial charge in [0.25, 0.3) is 0 Å². The van der Waals surface area contributed by atoms with Crippen LogP contribution in [0.25, 0.3) is 16.2 Å². The topological polar surface area (TPSA) is 65.4 Å². The number of hydrogen-bond acceptors (Lipinski definition) is 5. The summed E-state index contributed by atoms with van der Waals surface area (Å²) >= 11 is 1.51. The summed E-state index contributed by atoms with van der Waals surface area (Å²) in [5.41, 5.74) is 10.2. The summed E-state index contributed by atoms with van der Waals surface area (Å²) in [6, 6.07) is 4.14. The zero-order valence-electron chi connectivity index (χ0n) is 11.0. The van der Waals surface area contributed by atoms with Crippen LogP contribution in [0.4, 0.5) is 5.95 Å². The molecule has 3 rings (SSSR count). The van der Waals surface area contributed by atoms with Gasteiger partial charge in [0.15, 0.2) is 0 Å². The summed E-state index contributed by atoms with van der Waals surface area (Å²) < 4.78 is 7.32. The Bertz CT molecular complexity index is 759. The molecule has 0 fully saturated rings. The first-order valence-corrected chi connectivity index (χ1v) is 6.73. The normalized spacial score (nSPS) is 11.1. The van der Waals surface area contributed by atoms with Crippen LogP contribution in [0.3, 0.4) is 0 Å². The fraction of sp³-hybridized carbons (Fsp3) is 0.231. The van der Waals surface area contributed by atoms with E-state index in [2.05, 4.69) is 30.1 Å². The van der Waals surface area contributed by atoms with Gasteiger partial charge in [0.05, 0.1) is 12.8 Å². The van der Waals surface area contributed by atoms with E-state index in [1.165, 1.54) is 22.5 Å². The van der Waals surface area contributed by atoms with Crippen molar-refractivity contribution in [1.82, 2.24) is 14.6 Å². The zero-order valence-corrected chi connectivity index (χ0v) is 11.8. The Kier molecular flexibility index (Phi) is 2.67. The molecule has 0 bridgehead atoms. The Morgan fingerprint density at radius 2 is 1.95 bits per heavy atom. The van der Waals surface area contributed by atoms with E-state index in [0.29, 0.717) is 5.95 Å². The maximum Gasteiger partial charge on any atom is 0.227 e. The average molecular weight is 274 g/mol. The smallest absolute Gasteiger partial charge is 0.227 e.